The van der Waals surface area contributed by atoms with Gasteiger partial charge in [0.2, 0.25) is 0 Å². The third-order valence-corrected chi connectivity index (χ3v) is 5.47. The number of aromatic nitrogens is 2. The van der Waals surface area contributed by atoms with Crippen LogP contribution in [0, 0.1) is 13.8 Å². The number of morpholine rings is 1. The number of carbonyl (C=O) groups excluding carboxylic acids is 1. The molecule has 2 aromatic carbocycles. The molecule has 0 spiro atoms. The van der Waals surface area contributed by atoms with Crippen LogP contribution in [-0.2, 0) is 11.3 Å². The zero-order valence-electron chi connectivity index (χ0n) is 17.8. The number of ether oxygens (including phenoxy) is 1. The number of nitrogens with zero attached hydrogens (tertiary/aromatic N) is 4. The van der Waals surface area contributed by atoms with E-state index in [0.29, 0.717) is 12.1 Å². The Hall–Kier alpha value is -3.12. The minimum atomic E-state index is 0.00620. The predicted octanol–water partition coefficient (Wildman–Crippen LogP) is 3.60. The van der Waals surface area contributed by atoms with E-state index < -0.39 is 0 Å². The fourth-order valence-corrected chi connectivity index (χ4v) is 3.94. The van der Waals surface area contributed by atoms with Crippen LogP contribution in [0.1, 0.15) is 27.3 Å². The molecule has 3 aromatic rings. The topological polar surface area (TPSA) is 50.6 Å². The number of amides is 1. The average Bonchev–Trinajstić information content (AvgIpc) is 3.12. The van der Waals surface area contributed by atoms with Gasteiger partial charge in [-0.2, -0.15) is 5.10 Å². The fraction of sp³-hybridized carbons (Fsp3) is 0.333. The number of carbonyl (C=O) groups is 1. The normalized spacial score (nSPS) is 14.0. The molecule has 1 saturated heterocycles. The molecule has 2 heterocycles. The zero-order chi connectivity index (χ0) is 21.1. The molecular weight excluding hydrogens is 376 g/mol. The van der Waals surface area contributed by atoms with Crippen LogP contribution in [0.4, 0.5) is 5.69 Å². The molecule has 6 nitrogen and oxygen atoms in total. The maximum atomic E-state index is 13.0. The van der Waals surface area contributed by atoms with Crippen molar-refractivity contribution in [3.8, 4) is 5.69 Å². The summed E-state index contributed by atoms with van der Waals surface area (Å²) in [5.74, 6) is 0.00620. The van der Waals surface area contributed by atoms with Gasteiger partial charge in [-0.3, -0.25) is 4.79 Å². The molecular formula is C24H28N4O2. The van der Waals surface area contributed by atoms with Gasteiger partial charge in [0.05, 0.1) is 24.6 Å². The van der Waals surface area contributed by atoms with Crippen molar-refractivity contribution >= 4 is 11.6 Å². The fourth-order valence-electron chi connectivity index (χ4n) is 3.94. The number of para-hydroxylation sites is 1. The molecule has 30 heavy (non-hydrogen) atoms. The second kappa shape index (κ2) is 8.71. The van der Waals surface area contributed by atoms with Crippen LogP contribution in [0.15, 0.2) is 54.6 Å². The summed E-state index contributed by atoms with van der Waals surface area (Å²) in [6.45, 7) is 7.80. The van der Waals surface area contributed by atoms with Crippen molar-refractivity contribution in [2.75, 3.05) is 38.3 Å². The van der Waals surface area contributed by atoms with Crippen molar-refractivity contribution in [3.05, 3.63) is 77.1 Å². The predicted molar refractivity (Wildman–Crippen MR) is 118 cm³/mol. The molecule has 1 amide bonds. The molecule has 0 radical (unpaired) electrons. The molecule has 1 aromatic heterocycles. The lowest BCUT2D eigenvalue weighted by Gasteiger charge is -2.31. The largest absolute Gasteiger partial charge is 0.378 e. The van der Waals surface area contributed by atoms with Gasteiger partial charge >= 0.3 is 0 Å². The molecule has 0 aliphatic carbocycles. The Morgan fingerprint density at radius 3 is 2.43 bits per heavy atom. The zero-order valence-corrected chi connectivity index (χ0v) is 17.8. The lowest BCUT2D eigenvalue weighted by atomic mass is 10.1. The molecule has 156 valence electrons. The van der Waals surface area contributed by atoms with Crippen LogP contribution in [0.2, 0.25) is 0 Å². The summed E-state index contributed by atoms with van der Waals surface area (Å²) in [7, 11) is 1.85. The van der Waals surface area contributed by atoms with E-state index in [1.165, 1.54) is 5.69 Å². The summed E-state index contributed by atoms with van der Waals surface area (Å²) in [6.07, 6.45) is 0. The van der Waals surface area contributed by atoms with E-state index >= 15 is 0 Å². The molecule has 4 rings (SSSR count). The number of benzene rings is 2. The van der Waals surface area contributed by atoms with Crippen molar-refractivity contribution in [2.45, 2.75) is 20.4 Å². The molecule has 0 saturated carbocycles. The monoisotopic (exact) mass is 404 g/mol. The van der Waals surface area contributed by atoms with Crippen molar-refractivity contribution < 1.29 is 9.53 Å². The van der Waals surface area contributed by atoms with Crippen LogP contribution < -0.4 is 4.90 Å². The van der Waals surface area contributed by atoms with Gasteiger partial charge in [0, 0.05) is 43.6 Å². The number of anilines is 1. The van der Waals surface area contributed by atoms with Gasteiger partial charge in [-0.15, -0.1) is 0 Å². The van der Waals surface area contributed by atoms with E-state index in [1.54, 1.807) is 4.90 Å². The first-order valence-corrected chi connectivity index (χ1v) is 10.3. The number of rotatable bonds is 5. The Labute approximate surface area is 177 Å². The number of hydrogen-bond donors (Lipinski definition) is 0. The number of hydrogen-bond acceptors (Lipinski definition) is 4. The smallest absolute Gasteiger partial charge is 0.253 e. The highest BCUT2D eigenvalue weighted by atomic mass is 16.5. The average molecular weight is 405 g/mol. The van der Waals surface area contributed by atoms with Crippen molar-refractivity contribution in [2.24, 2.45) is 0 Å². The lowest BCUT2D eigenvalue weighted by molar-refractivity contribution is 0.0785. The quantitative estimate of drug-likeness (QED) is 0.652. The van der Waals surface area contributed by atoms with Crippen LogP contribution in [-0.4, -0.2) is 53.9 Å². The van der Waals surface area contributed by atoms with E-state index in [2.05, 4.69) is 22.1 Å². The molecule has 1 aliphatic heterocycles. The van der Waals surface area contributed by atoms with E-state index in [4.69, 9.17) is 4.74 Å². The second-order valence-electron chi connectivity index (χ2n) is 7.78. The molecule has 0 bridgehead atoms. The molecule has 0 N–H and O–H groups in total. The van der Waals surface area contributed by atoms with Crippen LogP contribution in [0.5, 0.6) is 0 Å². The Bertz CT molecular complexity index is 1020. The van der Waals surface area contributed by atoms with E-state index in [0.717, 1.165) is 48.9 Å². The minimum Gasteiger partial charge on any atom is -0.378 e. The van der Waals surface area contributed by atoms with Crippen LogP contribution >= 0.6 is 0 Å². The summed E-state index contributed by atoms with van der Waals surface area (Å²) < 4.78 is 7.37. The SMILES string of the molecule is Cc1cc(C)n(-c2ccc(C(=O)N(C)Cc3ccccc3N3CCOCC3)cc2)n1. The highest BCUT2D eigenvalue weighted by Gasteiger charge is 2.18. The second-order valence-corrected chi connectivity index (χ2v) is 7.78. The van der Waals surface area contributed by atoms with E-state index in [1.807, 2.05) is 68.0 Å². The van der Waals surface area contributed by atoms with Gasteiger partial charge in [0.1, 0.15) is 0 Å². The van der Waals surface area contributed by atoms with Crippen molar-refractivity contribution in [3.63, 3.8) is 0 Å². The first-order valence-electron chi connectivity index (χ1n) is 10.3. The maximum Gasteiger partial charge on any atom is 0.253 e. The highest BCUT2D eigenvalue weighted by molar-refractivity contribution is 5.94. The maximum absolute atomic E-state index is 13.0. The van der Waals surface area contributed by atoms with Gasteiger partial charge in [-0.25, -0.2) is 4.68 Å². The first kappa shape index (κ1) is 20.2. The molecule has 1 fully saturated rings. The van der Waals surface area contributed by atoms with Crippen molar-refractivity contribution in [1.82, 2.24) is 14.7 Å². The molecule has 1 aliphatic rings. The highest BCUT2D eigenvalue weighted by Crippen LogP contribution is 2.23. The molecule has 6 heteroatoms. The Morgan fingerprint density at radius 1 is 1.07 bits per heavy atom. The molecule has 0 unspecified atom stereocenters. The summed E-state index contributed by atoms with van der Waals surface area (Å²) in [5.41, 5.74) is 6.01. The van der Waals surface area contributed by atoms with Gasteiger partial charge in [-0.1, -0.05) is 18.2 Å². The van der Waals surface area contributed by atoms with E-state index in [9.17, 15) is 4.79 Å². The van der Waals surface area contributed by atoms with Gasteiger partial charge < -0.3 is 14.5 Å². The van der Waals surface area contributed by atoms with Crippen LogP contribution in [0.3, 0.4) is 0 Å². The van der Waals surface area contributed by atoms with Gasteiger partial charge in [0.25, 0.3) is 5.91 Å². The first-order chi connectivity index (χ1) is 14.5. The number of aryl methyl sites for hydroxylation is 2. The molecule has 0 atom stereocenters. The Morgan fingerprint density at radius 2 is 1.77 bits per heavy atom. The van der Waals surface area contributed by atoms with Crippen LogP contribution in [0.25, 0.3) is 5.69 Å². The van der Waals surface area contributed by atoms with E-state index in [-0.39, 0.29) is 5.91 Å². The summed E-state index contributed by atoms with van der Waals surface area (Å²) in [5, 5.41) is 4.51. The van der Waals surface area contributed by atoms with Gasteiger partial charge in [0.15, 0.2) is 0 Å². The third kappa shape index (κ3) is 4.24. The summed E-state index contributed by atoms with van der Waals surface area (Å²) in [6, 6.07) is 18.0. The summed E-state index contributed by atoms with van der Waals surface area (Å²) in [4.78, 5) is 17.1. The Balaban J connectivity index is 1.48. The lowest BCUT2D eigenvalue weighted by Crippen LogP contribution is -2.37. The van der Waals surface area contributed by atoms with Crippen molar-refractivity contribution in [1.29, 1.82) is 0 Å². The standard InChI is InChI=1S/C24H28N4O2/c1-18-16-19(2)28(25-18)22-10-8-20(9-11-22)24(29)26(3)17-21-6-4-5-7-23(21)27-12-14-30-15-13-27/h4-11,16H,12-15,17H2,1-3H3. The Kier molecular flexibility index (Phi) is 5.86. The summed E-state index contributed by atoms with van der Waals surface area (Å²) >= 11 is 0. The third-order valence-electron chi connectivity index (χ3n) is 5.47. The van der Waals surface area contributed by atoms with Gasteiger partial charge in [-0.05, 0) is 55.8 Å². The minimum absolute atomic E-state index is 0.00620.